The third-order valence-corrected chi connectivity index (χ3v) is 6.88. The van der Waals surface area contributed by atoms with Crippen LogP contribution in [0.5, 0.6) is 5.75 Å². The van der Waals surface area contributed by atoms with E-state index in [-0.39, 0.29) is 5.91 Å². The van der Waals surface area contributed by atoms with Crippen LogP contribution in [0, 0.1) is 0 Å². The minimum atomic E-state index is -0.0221. The lowest BCUT2D eigenvalue weighted by molar-refractivity contribution is 0.0946. The van der Waals surface area contributed by atoms with Crippen molar-refractivity contribution in [2.75, 3.05) is 37.9 Å². The van der Waals surface area contributed by atoms with E-state index in [4.69, 9.17) is 9.72 Å². The van der Waals surface area contributed by atoms with E-state index >= 15 is 0 Å². The maximum atomic E-state index is 12.2. The van der Waals surface area contributed by atoms with Crippen molar-refractivity contribution < 1.29 is 9.53 Å². The number of hydrogen-bond donors (Lipinski definition) is 3. The van der Waals surface area contributed by atoms with Crippen LogP contribution in [-0.2, 0) is 19.4 Å². The SMILES string of the molecule is COc1cc2c(cc1Nc1ncc3ccc(Nc4ccc5c(c4)C(=O)NCC5)cc3n1)CN(C)CC2. The van der Waals surface area contributed by atoms with E-state index in [1.54, 1.807) is 7.11 Å². The minimum absolute atomic E-state index is 0.0221. The van der Waals surface area contributed by atoms with Gasteiger partial charge in [0.15, 0.2) is 0 Å². The zero-order chi connectivity index (χ0) is 24.6. The zero-order valence-electron chi connectivity index (χ0n) is 20.4. The molecule has 0 saturated carbocycles. The summed E-state index contributed by atoms with van der Waals surface area (Å²) in [4.78, 5) is 23.8. The van der Waals surface area contributed by atoms with Crippen LogP contribution in [-0.4, -0.2) is 48.0 Å². The zero-order valence-corrected chi connectivity index (χ0v) is 20.4. The van der Waals surface area contributed by atoms with Gasteiger partial charge in [-0.15, -0.1) is 0 Å². The Balaban J connectivity index is 1.27. The number of carbonyl (C=O) groups is 1. The van der Waals surface area contributed by atoms with Crippen molar-refractivity contribution in [2.24, 2.45) is 0 Å². The molecule has 8 nitrogen and oxygen atoms in total. The fourth-order valence-electron chi connectivity index (χ4n) is 4.93. The normalized spacial score (nSPS) is 15.1. The molecule has 2 aliphatic rings. The molecule has 0 saturated heterocycles. The molecule has 0 aliphatic carbocycles. The third kappa shape index (κ3) is 4.31. The smallest absolute Gasteiger partial charge is 0.251 e. The Bertz CT molecular complexity index is 1480. The molecule has 3 aromatic carbocycles. The average Bonchev–Trinajstić information content (AvgIpc) is 2.88. The van der Waals surface area contributed by atoms with E-state index < -0.39 is 0 Å². The van der Waals surface area contributed by atoms with Crippen molar-refractivity contribution in [2.45, 2.75) is 19.4 Å². The van der Waals surface area contributed by atoms with Crippen LogP contribution in [0.2, 0.25) is 0 Å². The van der Waals surface area contributed by atoms with Crippen LogP contribution >= 0.6 is 0 Å². The quantitative estimate of drug-likeness (QED) is 0.390. The number of rotatable bonds is 5. The molecule has 0 bridgehead atoms. The van der Waals surface area contributed by atoms with Gasteiger partial charge >= 0.3 is 0 Å². The van der Waals surface area contributed by atoms with Gasteiger partial charge in [0.05, 0.1) is 18.3 Å². The van der Waals surface area contributed by atoms with E-state index in [1.807, 2.05) is 42.6 Å². The molecule has 0 atom stereocenters. The van der Waals surface area contributed by atoms with Gasteiger partial charge in [0.2, 0.25) is 5.95 Å². The van der Waals surface area contributed by atoms with Gasteiger partial charge in [0, 0.05) is 48.2 Å². The van der Waals surface area contributed by atoms with Crippen molar-refractivity contribution in [3.63, 3.8) is 0 Å². The molecule has 0 unspecified atom stereocenters. The van der Waals surface area contributed by atoms with Crippen molar-refractivity contribution in [1.29, 1.82) is 0 Å². The highest BCUT2D eigenvalue weighted by atomic mass is 16.5. The van der Waals surface area contributed by atoms with Gasteiger partial charge in [0.1, 0.15) is 5.75 Å². The van der Waals surface area contributed by atoms with E-state index in [0.29, 0.717) is 12.5 Å². The number of nitrogens with zero attached hydrogens (tertiary/aromatic N) is 3. The minimum Gasteiger partial charge on any atom is -0.495 e. The predicted molar refractivity (Wildman–Crippen MR) is 142 cm³/mol. The van der Waals surface area contributed by atoms with E-state index in [2.05, 4.69) is 45.0 Å². The molecule has 6 rings (SSSR count). The summed E-state index contributed by atoms with van der Waals surface area (Å²) < 4.78 is 5.66. The molecule has 36 heavy (non-hydrogen) atoms. The summed E-state index contributed by atoms with van der Waals surface area (Å²) in [6.07, 6.45) is 3.69. The number of carbonyl (C=O) groups excluding carboxylic acids is 1. The van der Waals surface area contributed by atoms with Gasteiger partial charge in [-0.2, -0.15) is 0 Å². The number of benzene rings is 3. The lowest BCUT2D eigenvalue weighted by Gasteiger charge is -2.26. The van der Waals surface area contributed by atoms with Crippen molar-refractivity contribution in [3.05, 3.63) is 77.0 Å². The van der Waals surface area contributed by atoms with Crippen LogP contribution in [0.4, 0.5) is 23.0 Å². The molecular formula is C28H28N6O2. The molecule has 0 spiro atoms. The first-order valence-electron chi connectivity index (χ1n) is 12.2. The number of hydrogen-bond acceptors (Lipinski definition) is 7. The second kappa shape index (κ2) is 9.13. The third-order valence-electron chi connectivity index (χ3n) is 6.88. The topological polar surface area (TPSA) is 91.4 Å². The van der Waals surface area contributed by atoms with Crippen molar-refractivity contribution in [3.8, 4) is 5.75 Å². The summed E-state index contributed by atoms with van der Waals surface area (Å²) in [7, 11) is 3.82. The molecule has 3 heterocycles. The van der Waals surface area contributed by atoms with E-state index in [9.17, 15) is 4.79 Å². The molecule has 0 fully saturated rings. The first kappa shape index (κ1) is 22.3. The Labute approximate surface area is 209 Å². The molecule has 1 amide bonds. The molecule has 0 radical (unpaired) electrons. The van der Waals surface area contributed by atoms with Gasteiger partial charge in [0.25, 0.3) is 5.91 Å². The molecule has 4 aromatic rings. The Morgan fingerprint density at radius 3 is 2.72 bits per heavy atom. The molecular weight excluding hydrogens is 452 g/mol. The predicted octanol–water partition coefficient (Wildman–Crippen LogP) is 4.40. The van der Waals surface area contributed by atoms with Crippen LogP contribution in [0.3, 0.4) is 0 Å². The van der Waals surface area contributed by atoms with Crippen LogP contribution < -0.4 is 20.7 Å². The monoisotopic (exact) mass is 480 g/mol. The van der Waals surface area contributed by atoms with E-state index in [1.165, 1.54) is 11.1 Å². The fourth-order valence-corrected chi connectivity index (χ4v) is 4.93. The second-order valence-electron chi connectivity index (χ2n) is 9.40. The number of methoxy groups -OCH3 is 1. The lowest BCUT2D eigenvalue weighted by atomic mass is 9.99. The lowest BCUT2D eigenvalue weighted by Crippen LogP contribution is -2.31. The fraction of sp³-hybridized carbons (Fsp3) is 0.250. The highest BCUT2D eigenvalue weighted by molar-refractivity contribution is 5.98. The largest absolute Gasteiger partial charge is 0.495 e. The molecule has 2 aliphatic heterocycles. The maximum Gasteiger partial charge on any atom is 0.251 e. The average molecular weight is 481 g/mol. The summed E-state index contributed by atoms with van der Waals surface area (Å²) in [5.41, 5.74) is 7.83. The Kier molecular flexibility index (Phi) is 5.65. The Morgan fingerprint density at radius 1 is 0.972 bits per heavy atom. The van der Waals surface area contributed by atoms with Crippen LogP contribution in [0.1, 0.15) is 27.0 Å². The number of likely N-dealkylation sites (N-methyl/N-ethyl adjacent to an activating group) is 1. The number of fused-ring (bicyclic) bond motifs is 3. The van der Waals surface area contributed by atoms with Gasteiger partial charge in [-0.3, -0.25) is 4.79 Å². The molecule has 8 heteroatoms. The highest BCUT2D eigenvalue weighted by Gasteiger charge is 2.18. The number of amides is 1. The van der Waals surface area contributed by atoms with Gasteiger partial charge in [-0.25, -0.2) is 9.97 Å². The molecule has 182 valence electrons. The Hall–Kier alpha value is -4.17. The number of ether oxygens (including phenoxy) is 1. The first-order valence-corrected chi connectivity index (χ1v) is 12.2. The summed E-state index contributed by atoms with van der Waals surface area (Å²) in [6.45, 7) is 2.64. The number of anilines is 4. The van der Waals surface area contributed by atoms with Gasteiger partial charge in [-0.05, 0) is 79.0 Å². The van der Waals surface area contributed by atoms with E-state index in [0.717, 1.165) is 70.8 Å². The Morgan fingerprint density at radius 2 is 1.83 bits per heavy atom. The van der Waals surface area contributed by atoms with Crippen molar-refractivity contribution in [1.82, 2.24) is 20.2 Å². The first-order chi connectivity index (χ1) is 17.6. The number of nitrogens with one attached hydrogen (secondary N) is 3. The highest BCUT2D eigenvalue weighted by Crippen LogP contribution is 2.33. The summed E-state index contributed by atoms with van der Waals surface area (Å²) in [6, 6.07) is 16.2. The van der Waals surface area contributed by atoms with Crippen LogP contribution in [0.15, 0.2) is 54.7 Å². The molecule has 1 aromatic heterocycles. The number of aromatic nitrogens is 2. The van der Waals surface area contributed by atoms with Crippen molar-refractivity contribution >= 4 is 39.8 Å². The molecule has 3 N–H and O–H groups in total. The van der Waals surface area contributed by atoms with Crippen LogP contribution in [0.25, 0.3) is 10.9 Å². The van der Waals surface area contributed by atoms with Gasteiger partial charge in [-0.1, -0.05) is 6.07 Å². The standard InChI is InChI=1S/C28H28N6O2/c1-34-10-8-18-12-26(36-2)25(11-20(18)16-34)33-28-30-15-19-4-6-22(14-24(19)32-28)31-21-5-3-17-7-9-29-27(35)23(17)13-21/h3-6,11-15,31H,7-10,16H2,1-2H3,(H,29,35)(H,30,32,33). The summed E-state index contributed by atoms with van der Waals surface area (Å²) in [5, 5.41) is 10.6. The second-order valence-corrected chi connectivity index (χ2v) is 9.40. The maximum absolute atomic E-state index is 12.2. The van der Waals surface area contributed by atoms with Gasteiger partial charge < -0.3 is 25.6 Å². The summed E-state index contributed by atoms with van der Waals surface area (Å²) >= 11 is 0. The summed E-state index contributed by atoms with van der Waals surface area (Å²) in [5.74, 6) is 1.27.